The van der Waals surface area contributed by atoms with Crippen molar-refractivity contribution in [2.75, 3.05) is 0 Å². The molecule has 0 fully saturated rings. The van der Waals surface area contributed by atoms with Crippen molar-refractivity contribution in [2.24, 2.45) is 5.41 Å². The van der Waals surface area contributed by atoms with Gasteiger partial charge in [0, 0.05) is 0 Å². The van der Waals surface area contributed by atoms with Gasteiger partial charge in [-0.1, -0.05) is 41.5 Å². The van der Waals surface area contributed by atoms with Crippen molar-refractivity contribution < 1.29 is 18.9 Å². The minimum Gasteiger partial charge on any atom is -0.180 e. The second-order valence-electron chi connectivity index (χ2n) is 6.33. The summed E-state index contributed by atoms with van der Waals surface area (Å²) in [7, 11) is 0. The van der Waals surface area contributed by atoms with Gasteiger partial charge in [-0.2, -0.15) is 29.8 Å². The van der Waals surface area contributed by atoms with Crippen LogP contribution in [-0.2, 0) is 10.8 Å². The third kappa shape index (κ3) is 1.36. The average Bonchev–Trinajstić information content (AvgIpc) is 2.26. The zero-order valence-electron chi connectivity index (χ0n) is 11.7. The molecule has 0 amide bonds. The molecular formula is C15H21Li. The Morgan fingerprint density at radius 2 is 1.50 bits per heavy atom. The molecule has 0 heterocycles. The molecular weight excluding hydrogens is 187 g/mol. The van der Waals surface area contributed by atoms with E-state index in [1.165, 1.54) is 11.1 Å². The van der Waals surface area contributed by atoms with Gasteiger partial charge in [-0.15, -0.1) is 5.56 Å². The van der Waals surface area contributed by atoms with E-state index in [1.54, 1.807) is 0 Å². The second-order valence-corrected chi connectivity index (χ2v) is 6.33. The first-order valence-electron chi connectivity index (χ1n) is 5.74. The van der Waals surface area contributed by atoms with Gasteiger partial charge in [0.15, 0.2) is 0 Å². The number of rotatable bonds is 0. The van der Waals surface area contributed by atoms with Gasteiger partial charge in [-0.3, -0.25) is 0 Å². The molecule has 1 aromatic carbocycles. The normalized spacial score (nSPS) is 23.4. The molecule has 1 aromatic rings. The van der Waals surface area contributed by atoms with Crippen molar-refractivity contribution in [3.63, 3.8) is 0 Å². The van der Waals surface area contributed by atoms with Gasteiger partial charge in [-0.05, 0) is 16.2 Å². The summed E-state index contributed by atoms with van der Waals surface area (Å²) < 4.78 is 0. The number of hydrogen-bond acceptors (Lipinski definition) is 0. The molecule has 0 unspecified atom stereocenters. The van der Waals surface area contributed by atoms with Crippen LogP contribution >= 0.6 is 0 Å². The van der Waals surface area contributed by atoms with Gasteiger partial charge in [0.05, 0.1) is 0 Å². The van der Waals surface area contributed by atoms with Crippen LogP contribution in [0.4, 0.5) is 0 Å². The van der Waals surface area contributed by atoms with Crippen LogP contribution in [0.25, 0.3) is 0 Å². The van der Waals surface area contributed by atoms with Gasteiger partial charge in [0.1, 0.15) is 0 Å². The van der Waals surface area contributed by atoms with Gasteiger partial charge in [0.25, 0.3) is 0 Å². The third-order valence-corrected chi connectivity index (χ3v) is 5.28. The average molecular weight is 208 g/mol. The van der Waals surface area contributed by atoms with Crippen LogP contribution in [0.5, 0.6) is 0 Å². The smallest absolute Gasteiger partial charge is 0.180 e. The first-order chi connectivity index (χ1) is 6.73. The van der Waals surface area contributed by atoms with Crippen molar-refractivity contribution >= 4 is 0 Å². The SMILES string of the molecule is CC1(C)c2[c-]cccc2C(C)(C)C1(C)C.[Li+]. The Hall–Kier alpha value is -0.183. The van der Waals surface area contributed by atoms with Gasteiger partial charge in [-0.25, -0.2) is 0 Å². The van der Waals surface area contributed by atoms with Gasteiger partial charge >= 0.3 is 18.9 Å². The molecule has 0 radical (unpaired) electrons. The molecule has 0 aliphatic heterocycles. The maximum atomic E-state index is 3.45. The Morgan fingerprint density at radius 1 is 0.938 bits per heavy atom. The molecule has 0 bridgehead atoms. The van der Waals surface area contributed by atoms with Crippen LogP contribution in [0.3, 0.4) is 0 Å². The van der Waals surface area contributed by atoms with E-state index in [9.17, 15) is 0 Å². The summed E-state index contributed by atoms with van der Waals surface area (Å²) in [6.07, 6.45) is 0. The molecule has 0 nitrogen and oxygen atoms in total. The Kier molecular flexibility index (Phi) is 3.17. The monoisotopic (exact) mass is 208 g/mol. The van der Waals surface area contributed by atoms with Crippen molar-refractivity contribution in [3.8, 4) is 0 Å². The fourth-order valence-corrected chi connectivity index (χ4v) is 2.91. The van der Waals surface area contributed by atoms with E-state index in [4.69, 9.17) is 0 Å². The first kappa shape index (κ1) is 13.9. The van der Waals surface area contributed by atoms with E-state index < -0.39 is 0 Å². The van der Waals surface area contributed by atoms with Crippen LogP contribution in [0, 0.1) is 11.5 Å². The predicted octanol–water partition coefficient (Wildman–Crippen LogP) is 1.09. The van der Waals surface area contributed by atoms with E-state index in [0.717, 1.165) is 0 Å². The molecule has 1 aliphatic carbocycles. The number of hydrogen-bond donors (Lipinski definition) is 0. The quantitative estimate of drug-likeness (QED) is 0.442. The van der Waals surface area contributed by atoms with Crippen LogP contribution in [0.2, 0.25) is 0 Å². The minimum atomic E-state index is 0. The third-order valence-electron chi connectivity index (χ3n) is 5.28. The number of benzene rings is 1. The number of fused-ring (bicyclic) bond motifs is 1. The van der Waals surface area contributed by atoms with E-state index in [1.807, 2.05) is 6.07 Å². The van der Waals surface area contributed by atoms with E-state index in [0.29, 0.717) is 0 Å². The molecule has 1 aliphatic rings. The molecule has 0 spiro atoms. The summed E-state index contributed by atoms with van der Waals surface area (Å²) in [5.41, 5.74) is 3.57. The summed E-state index contributed by atoms with van der Waals surface area (Å²) in [6, 6.07) is 9.87. The fourth-order valence-electron chi connectivity index (χ4n) is 2.91. The van der Waals surface area contributed by atoms with Crippen molar-refractivity contribution in [2.45, 2.75) is 52.4 Å². The Morgan fingerprint density at radius 3 is 2.00 bits per heavy atom. The molecule has 0 N–H and O–H groups in total. The molecule has 0 saturated carbocycles. The summed E-state index contributed by atoms with van der Waals surface area (Å²) in [6.45, 7) is 14.2. The van der Waals surface area contributed by atoms with Crippen LogP contribution in [0.15, 0.2) is 18.2 Å². The summed E-state index contributed by atoms with van der Waals surface area (Å²) >= 11 is 0. The predicted molar refractivity (Wildman–Crippen MR) is 65.1 cm³/mol. The zero-order valence-corrected chi connectivity index (χ0v) is 11.7. The van der Waals surface area contributed by atoms with Gasteiger partial charge < -0.3 is 0 Å². The summed E-state index contributed by atoms with van der Waals surface area (Å²) in [5, 5.41) is 0. The first-order valence-corrected chi connectivity index (χ1v) is 5.74. The van der Waals surface area contributed by atoms with Crippen LogP contribution in [-0.4, -0.2) is 0 Å². The second kappa shape index (κ2) is 3.66. The van der Waals surface area contributed by atoms with E-state index in [-0.39, 0.29) is 35.1 Å². The van der Waals surface area contributed by atoms with Crippen molar-refractivity contribution in [1.82, 2.24) is 0 Å². The molecule has 0 atom stereocenters. The van der Waals surface area contributed by atoms with Crippen molar-refractivity contribution in [1.29, 1.82) is 0 Å². The molecule has 0 aromatic heterocycles. The largest absolute Gasteiger partial charge is 1.00 e. The van der Waals surface area contributed by atoms with Crippen LogP contribution < -0.4 is 18.9 Å². The summed E-state index contributed by atoms with van der Waals surface area (Å²) in [4.78, 5) is 0. The minimum absolute atomic E-state index is 0. The fraction of sp³-hybridized carbons (Fsp3) is 0.600. The maximum absolute atomic E-state index is 3.45. The van der Waals surface area contributed by atoms with Crippen LogP contribution in [0.1, 0.15) is 52.7 Å². The van der Waals surface area contributed by atoms with Gasteiger partial charge in [0.2, 0.25) is 0 Å². The maximum Gasteiger partial charge on any atom is 1.00 e. The Balaban J connectivity index is 0.00000128. The standard InChI is InChI=1S/C15H21.Li/c1-13(2)11-9-7-8-10-12(11)14(3,4)15(13,5)6;/h7-9H,1-6H3;/q-1;+1. The molecule has 82 valence electrons. The Labute approximate surface area is 112 Å². The molecule has 2 rings (SSSR count). The molecule has 16 heavy (non-hydrogen) atoms. The zero-order chi connectivity index (χ0) is 11.5. The topological polar surface area (TPSA) is 0 Å². The van der Waals surface area contributed by atoms with E-state index >= 15 is 0 Å². The van der Waals surface area contributed by atoms with Crippen molar-refractivity contribution in [3.05, 3.63) is 35.4 Å². The van der Waals surface area contributed by atoms with E-state index in [2.05, 4.69) is 59.7 Å². The Bertz CT molecular complexity index is 363. The summed E-state index contributed by atoms with van der Waals surface area (Å²) in [5.74, 6) is 0. The molecule has 1 heteroatoms. The molecule has 0 saturated heterocycles.